The molecule has 4 N–H and O–H groups in total. The van der Waals surface area contributed by atoms with Gasteiger partial charge >= 0.3 is 0 Å². The number of ether oxygens (including phenoxy) is 2. The number of carbonyl (C=O) groups is 2. The molecule has 0 radical (unpaired) electrons. The number of amides is 2. The summed E-state index contributed by atoms with van der Waals surface area (Å²) >= 11 is 6.16. The van der Waals surface area contributed by atoms with E-state index in [4.69, 9.17) is 26.8 Å². The highest BCUT2D eigenvalue weighted by atomic mass is 35.5. The summed E-state index contributed by atoms with van der Waals surface area (Å²) in [5.41, 5.74) is 6.89. The first-order chi connectivity index (χ1) is 12.0. The molecular formula is C17H25Cl2N3O4. The van der Waals surface area contributed by atoms with Gasteiger partial charge in [0.15, 0.2) is 0 Å². The average molecular weight is 406 g/mol. The molecule has 1 heterocycles. The van der Waals surface area contributed by atoms with Gasteiger partial charge in [-0.1, -0.05) is 11.6 Å². The Labute approximate surface area is 164 Å². The van der Waals surface area contributed by atoms with Crippen molar-refractivity contribution in [2.75, 3.05) is 38.8 Å². The van der Waals surface area contributed by atoms with Gasteiger partial charge in [0.1, 0.15) is 0 Å². The Morgan fingerprint density at radius 3 is 2.69 bits per heavy atom. The summed E-state index contributed by atoms with van der Waals surface area (Å²) < 4.78 is 10.2. The van der Waals surface area contributed by atoms with Crippen molar-refractivity contribution in [2.45, 2.75) is 18.9 Å². The van der Waals surface area contributed by atoms with Crippen LogP contribution in [0.15, 0.2) is 18.2 Å². The van der Waals surface area contributed by atoms with Crippen molar-refractivity contribution in [2.24, 2.45) is 11.7 Å². The second-order valence-corrected chi connectivity index (χ2v) is 6.32. The summed E-state index contributed by atoms with van der Waals surface area (Å²) in [6.07, 6.45) is 1.55. The third-order valence-electron chi connectivity index (χ3n) is 4.15. The number of nitrogens with two attached hydrogens (primary N) is 1. The van der Waals surface area contributed by atoms with E-state index in [1.165, 1.54) is 0 Å². The maximum Gasteiger partial charge on any atom is 0.252 e. The maximum absolute atomic E-state index is 12.3. The summed E-state index contributed by atoms with van der Waals surface area (Å²) in [6.45, 7) is 2.07. The molecule has 9 heteroatoms. The third kappa shape index (κ3) is 6.41. The maximum atomic E-state index is 12.3. The third-order valence-corrected chi connectivity index (χ3v) is 4.46. The summed E-state index contributed by atoms with van der Waals surface area (Å²) in [5.74, 6) is -0.450. The van der Waals surface area contributed by atoms with Crippen molar-refractivity contribution in [3.8, 4) is 0 Å². The van der Waals surface area contributed by atoms with Gasteiger partial charge in [-0.05, 0) is 37.0 Å². The number of hydrogen-bond acceptors (Lipinski definition) is 5. The molecule has 1 unspecified atom stereocenters. The fraction of sp³-hybridized carbons (Fsp3) is 0.529. The minimum Gasteiger partial charge on any atom is -0.383 e. The highest BCUT2D eigenvalue weighted by Crippen LogP contribution is 2.23. The first-order valence-corrected chi connectivity index (χ1v) is 8.61. The molecular weight excluding hydrogens is 381 g/mol. The molecule has 1 aromatic rings. The van der Waals surface area contributed by atoms with Crippen molar-refractivity contribution in [3.63, 3.8) is 0 Å². The molecule has 1 aromatic carbocycles. The molecule has 0 bridgehead atoms. The van der Waals surface area contributed by atoms with Crippen LogP contribution in [0.5, 0.6) is 0 Å². The number of carbonyl (C=O) groups excluding carboxylic acids is 2. The molecule has 1 fully saturated rings. The van der Waals surface area contributed by atoms with Crippen LogP contribution in [0, 0.1) is 5.92 Å². The number of methoxy groups -OCH3 is 1. The molecule has 26 heavy (non-hydrogen) atoms. The quantitative estimate of drug-likeness (QED) is 0.600. The molecule has 1 aliphatic rings. The molecule has 0 spiro atoms. The predicted octanol–water partition coefficient (Wildman–Crippen LogP) is 1.83. The fourth-order valence-electron chi connectivity index (χ4n) is 2.65. The number of anilines is 1. The van der Waals surface area contributed by atoms with E-state index in [0.29, 0.717) is 37.6 Å². The number of halogens is 2. The van der Waals surface area contributed by atoms with Crippen LogP contribution in [0.4, 0.5) is 5.69 Å². The van der Waals surface area contributed by atoms with Crippen LogP contribution >= 0.6 is 24.0 Å². The zero-order chi connectivity index (χ0) is 18.2. The van der Waals surface area contributed by atoms with Crippen LogP contribution in [0.3, 0.4) is 0 Å². The number of rotatable bonds is 7. The summed E-state index contributed by atoms with van der Waals surface area (Å²) in [5, 5.41) is 5.71. The fourth-order valence-corrected chi connectivity index (χ4v) is 2.92. The van der Waals surface area contributed by atoms with E-state index >= 15 is 0 Å². The van der Waals surface area contributed by atoms with Crippen LogP contribution in [0.2, 0.25) is 5.02 Å². The Hall–Kier alpha value is -1.38. The highest BCUT2D eigenvalue weighted by molar-refractivity contribution is 6.34. The van der Waals surface area contributed by atoms with Crippen molar-refractivity contribution in [1.82, 2.24) is 5.32 Å². The van der Waals surface area contributed by atoms with Gasteiger partial charge in [0.2, 0.25) is 5.91 Å². The Morgan fingerprint density at radius 1 is 1.38 bits per heavy atom. The van der Waals surface area contributed by atoms with Gasteiger partial charge in [0.25, 0.3) is 5.91 Å². The molecule has 2 rings (SSSR count). The van der Waals surface area contributed by atoms with Crippen LogP contribution in [-0.4, -0.2) is 51.3 Å². The summed E-state index contributed by atoms with van der Waals surface area (Å²) in [4.78, 5) is 24.3. The van der Waals surface area contributed by atoms with Gasteiger partial charge in [0.05, 0.1) is 23.2 Å². The molecule has 1 saturated heterocycles. The van der Waals surface area contributed by atoms with Crippen molar-refractivity contribution < 1.29 is 19.1 Å². The Balaban J connectivity index is 0.00000338. The molecule has 2 amide bonds. The highest BCUT2D eigenvalue weighted by Gasteiger charge is 2.26. The van der Waals surface area contributed by atoms with Crippen LogP contribution < -0.4 is 16.4 Å². The van der Waals surface area contributed by atoms with E-state index in [0.717, 1.165) is 12.8 Å². The minimum absolute atomic E-state index is 0. The Morgan fingerprint density at radius 2 is 2.08 bits per heavy atom. The lowest BCUT2D eigenvalue weighted by Gasteiger charge is -2.26. The molecule has 1 atom stereocenters. The van der Waals surface area contributed by atoms with Gasteiger partial charge in [0, 0.05) is 32.6 Å². The average Bonchev–Trinajstić information content (AvgIpc) is 2.62. The second kappa shape index (κ2) is 11.4. The van der Waals surface area contributed by atoms with Crippen LogP contribution in [-0.2, 0) is 14.3 Å². The molecule has 0 aromatic heterocycles. The lowest BCUT2D eigenvalue weighted by Crippen LogP contribution is -2.44. The van der Waals surface area contributed by atoms with E-state index in [1.807, 2.05) is 0 Å². The lowest BCUT2D eigenvalue weighted by atomic mass is 9.92. The van der Waals surface area contributed by atoms with E-state index in [2.05, 4.69) is 10.6 Å². The monoisotopic (exact) mass is 405 g/mol. The topological polar surface area (TPSA) is 103 Å². The van der Waals surface area contributed by atoms with Crippen LogP contribution in [0.1, 0.15) is 23.2 Å². The number of nitrogens with one attached hydrogen (secondary N) is 2. The Bertz CT molecular complexity index is 610. The minimum atomic E-state index is -0.598. The smallest absolute Gasteiger partial charge is 0.252 e. The summed E-state index contributed by atoms with van der Waals surface area (Å²) in [7, 11) is 1.56. The SMILES string of the molecule is COCCNC(=O)c1ccc(NC(=O)C(N)C2CCOCC2)cc1Cl.Cl. The van der Waals surface area contributed by atoms with E-state index in [-0.39, 0.29) is 35.2 Å². The van der Waals surface area contributed by atoms with Crippen molar-refractivity contribution >= 4 is 41.5 Å². The molecule has 7 nitrogen and oxygen atoms in total. The first kappa shape index (κ1) is 22.7. The van der Waals surface area contributed by atoms with E-state index in [1.54, 1.807) is 25.3 Å². The summed E-state index contributed by atoms with van der Waals surface area (Å²) in [6, 6.07) is 4.15. The normalized spacial score (nSPS) is 15.7. The van der Waals surface area contributed by atoms with Crippen molar-refractivity contribution in [3.05, 3.63) is 28.8 Å². The molecule has 1 aliphatic heterocycles. The standard InChI is InChI=1S/C17H24ClN3O4.ClH/c1-24-9-6-20-16(22)13-3-2-12(10-14(13)18)21-17(23)15(19)11-4-7-25-8-5-11;/h2-3,10-11,15H,4-9,19H2,1H3,(H,20,22)(H,21,23);1H. The van der Waals surface area contributed by atoms with Gasteiger partial charge < -0.3 is 25.8 Å². The van der Waals surface area contributed by atoms with Gasteiger partial charge in [-0.3, -0.25) is 9.59 Å². The number of benzene rings is 1. The van der Waals surface area contributed by atoms with Gasteiger partial charge in [-0.25, -0.2) is 0 Å². The van der Waals surface area contributed by atoms with Gasteiger partial charge in [-0.2, -0.15) is 0 Å². The second-order valence-electron chi connectivity index (χ2n) is 5.91. The van der Waals surface area contributed by atoms with Crippen molar-refractivity contribution in [1.29, 1.82) is 0 Å². The van der Waals surface area contributed by atoms with E-state index in [9.17, 15) is 9.59 Å². The largest absolute Gasteiger partial charge is 0.383 e. The van der Waals surface area contributed by atoms with Crippen LogP contribution in [0.25, 0.3) is 0 Å². The molecule has 146 valence electrons. The predicted molar refractivity (Wildman–Crippen MR) is 103 cm³/mol. The molecule has 0 aliphatic carbocycles. The zero-order valence-electron chi connectivity index (χ0n) is 14.6. The van der Waals surface area contributed by atoms with Gasteiger partial charge in [-0.15, -0.1) is 12.4 Å². The Kier molecular flexibility index (Phi) is 9.90. The number of hydrogen-bond donors (Lipinski definition) is 3. The van der Waals surface area contributed by atoms with E-state index < -0.39 is 6.04 Å². The molecule has 0 saturated carbocycles. The first-order valence-electron chi connectivity index (χ1n) is 8.23. The zero-order valence-corrected chi connectivity index (χ0v) is 16.2. The lowest BCUT2D eigenvalue weighted by molar-refractivity contribution is -0.119.